The molecule has 31 heavy (non-hydrogen) atoms. The minimum absolute atomic E-state index is 0.0783. The number of piperidine rings is 1. The molecule has 2 heterocycles. The summed E-state index contributed by atoms with van der Waals surface area (Å²) in [6.45, 7) is -0.990. The van der Waals surface area contributed by atoms with E-state index in [1.807, 2.05) is 60.7 Å². The molecule has 4 nitrogen and oxygen atoms in total. The molecule has 0 radical (unpaired) electrons. The molecule has 4 heteroatoms. The molecule has 0 aromatic heterocycles. The van der Waals surface area contributed by atoms with Crippen LogP contribution >= 0.6 is 0 Å². The molecule has 2 aliphatic rings. The van der Waals surface area contributed by atoms with E-state index in [4.69, 9.17) is 21.1 Å². The van der Waals surface area contributed by atoms with Gasteiger partial charge in [-0.3, -0.25) is 0 Å². The average molecular weight is 421 g/mol. The third-order valence-corrected chi connectivity index (χ3v) is 5.59. The molecule has 0 saturated carbocycles. The predicted octanol–water partition coefficient (Wildman–Crippen LogP) is 5.23. The molecular weight excluding hydrogens is 386 g/mol. The minimum Gasteiger partial charge on any atom is -0.454 e. The van der Waals surface area contributed by atoms with E-state index in [9.17, 15) is 0 Å². The number of hydrogen-bond donors (Lipinski definition) is 0. The predicted molar refractivity (Wildman–Crippen MR) is 122 cm³/mol. The second-order valence-electron chi connectivity index (χ2n) is 7.80. The van der Waals surface area contributed by atoms with Crippen molar-refractivity contribution in [2.24, 2.45) is 0 Å². The van der Waals surface area contributed by atoms with Crippen LogP contribution < -0.4 is 9.47 Å². The molecule has 1 saturated heterocycles. The van der Waals surface area contributed by atoms with Crippen LogP contribution in [0, 0.1) is 0 Å². The summed E-state index contributed by atoms with van der Waals surface area (Å²) in [7, 11) is 0. The monoisotopic (exact) mass is 420 g/mol. The quantitative estimate of drug-likeness (QED) is 0.524. The van der Waals surface area contributed by atoms with Crippen LogP contribution in [0.4, 0.5) is 0 Å². The van der Waals surface area contributed by atoms with Gasteiger partial charge >= 0.3 is 0 Å². The zero-order valence-corrected chi connectivity index (χ0v) is 17.3. The first-order chi connectivity index (χ1) is 17.3. The van der Waals surface area contributed by atoms with Gasteiger partial charge in [0.1, 0.15) is 6.10 Å². The molecule has 1 atom stereocenters. The van der Waals surface area contributed by atoms with Crippen LogP contribution in [-0.4, -0.2) is 37.4 Å². The van der Waals surface area contributed by atoms with Gasteiger partial charge in [0, 0.05) is 15.8 Å². The van der Waals surface area contributed by atoms with Crippen LogP contribution in [0.2, 0.25) is 0 Å². The molecule has 3 aromatic carbocycles. The van der Waals surface area contributed by atoms with E-state index in [2.05, 4.69) is 0 Å². The van der Waals surface area contributed by atoms with E-state index in [1.54, 1.807) is 4.90 Å². The fraction of sp³-hybridized carbons (Fsp3) is 0.333. The van der Waals surface area contributed by atoms with Crippen molar-refractivity contribution >= 4 is 0 Å². The molecule has 5 rings (SSSR count). The maximum atomic E-state index is 8.86. The minimum atomic E-state index is -1.83. The third kappa shape index (κ3) is 4.92. The van der Waals surface area contributed by atoms with Crippen molar-refractivity contribution in [3.8, 4) is 11.5 Å². The smallest absolute Gasteiger partial charge is 0.231 e. The summed E-state index contributed by atoms with van der Waals surface area (Å²) in [6.07, 6.45) is 0.945. The van der Waals surface area contributed by atoms with Crippen molar-refractivity contribution < 1.29 is 21.1 Å². The first-order valence-electron chi connectivity index (χ1n) is 13.2. The number of fused-ring (bicyclic) bond motifs is 1. The van der Waals surface area contributed by atoms with Gasteiger partial charge in [-0.1, -0.05) is 66.7 Å². The molecular formula is C27H29NO3. The number of nitrogens with zero attached hydrogens (tertiary/aromatic N) is 1. The van der Waals surface area contributed by atoms with Crippen LogP contribution in [0.3, 0.4) is 0 Å². The van der Waals surface area contributed by atoms with Crippen molar-refractivity contribution in [2.75, 3.05) is 26.4 Å². The van der Waals surface area contributed by atoms with E-state index in [0.29, 0.717) is 13.1 Å². The zero-order chi connectivity index (χ0) is 25.3. The summed E-state index contributed by atoms with van der Waals surface area (Å²) in [5.74, 6) is 0.212. The summed E-state index contributed by atoms with van der Waals surface area (Å²) < 4.78 is 60.0. The molecule has 0 amide bonds. The molecule has 1 fully saturated rings. The van der Waals surface area contributed by atoms with Crippen molar-refractivity contribution in [1.29, 1.82) is 0 Å². The lowest BCUT2D eigenvalue weighted by Gasteiger charge is -2.35. The average Bonchev–Trinajstić information content (AvgIpc) is 3.40. The highest BCUT2D eigenvalue weighted by Gasteiger charge is 2.25. The summed E-state index contributed by atoms with van der Waals surface area (Å²) >= 11 is 0. The van der Waals surface area contributed by atoms with Crippen LogP contribution in [-0.2, 0) is 11.2 Å². The van der Waals surface area contributed by atoms with Gasteiger partial charge in [0.25, 0.3) is 0 Å². The lowest BCUT2D eigenvalue weighted by molar-refractivity contribution is -0.0330. The Morgan fingerprint density at radius 2 is 1.71 bits per heavy atom. The fourth-order valence-corrected chi connectivity index (χ4v) is 4.03. The number of ether oxygens (including phenoxy) is 3. The standard InChI is InChI=1S/C27H29NO3/c1-3-8-22(9-4-1)27(23-10-5-2-6-11-23)31-24-12-7-16-28(19-24)17-15-21-13-14-25-26(18-21)30-20-29-25/h1-6,8-11,13-14,18,24,27H,7,12,15-17,19-20H2/t24-/m1/s1/i13D,14D,17D2,18D. The van der Waals surface area contributed by atoms with Crippen molar-refractivity contribution in [3.05, 3.63) is 95.5 Å². The molecule has 2 aliphatic heterocycles. The summed E-state index contributed by atoms with van der Waals surface area (Å²) in [6, 6.07) is 19.6. The van der Waals surface area contributed by atoms with Crippen LogP contribution in [0.25, 0.3) is 0 Å². The first kappa shape index (κ1) is 15.1. The lowest BCUT2D eigenvalue weighted by Crippen LogP contribution is -2.41. The normalized spacial score (nSPS) is 21.2. The molecule has 0 spiro atoms. The van der Waals surface area contributed by atoms with Gasteiger partial charge in [0.05, 0.1) is 10.2 Å². The fourth-order valence-electron chi connectivity index (χ4n) is 4.03. The summed E-state index contributed by atoms with van der Waals surface area (Å²) in [5, 5.41) is 0. The molecule has 3 aromatic rings. The first-order valence-corrected chi connectivity index (χ1v) is 10.7. The Morgan fingerprint density at radius 1 is 1.00 bits per heavy atom. The molecule has 0 unspecified atom stereocenters. The number of rotatable bonds is 7. The van der Waals surface area contributed by atoms with E-state index < -0.39 is 6.50 Å². The Labute approximate surface area is 191 Å². The van der Waals surface area contributed by atoms with Crippen molar-refractivity contribution in [1.82, 2.24) is 4.90 Å². The zero-order valence-electron chi connectivity index (χ0n) is 22.3. The molecule has 160 valence electrons. The van der Waals surface area contributed by atoms with Gasteiger partial charge in [-0.2, -0.15) is 0 Å². The lowest BCUT2D eigenvalue weighted by atomic mass is 10.00. The Hall–Kier alpha value is -2.82. The van der Waals surface area contributed by atoms with Gasteiger partial charge in [0.2, 0.25) is 6.79 Å². The van der Waals surface area contributed by atoms with E-state index in [-0.39, 0.29) is 60.6 Å². The molecule has 0 bridgehead atoms. The van der Waals surface area contributed by atoms with E-state index in [0.717, 1.165) is 24.0 Å². The highest BCUT2D eigenvalue weighted by molar-refractivity contribution is 5.44. The Bertz CT molecular complexity index is 1170. The van der Waals surface area contributed by atoms with Gasteiger partial charge in [-0.05, 0) is 54.6 Å². The number of likely N-dealkylation sites (tertiary alicyclic amines) is 1. The summed E-state index contributed by atoms with van der Waals surface area (Å²) in [4.78, 5) is 1.74. The van der Waals surface area contributed by atoms with Crippen molar-refractivity contribution in [2.45, 2.75) is 31.5 Å². The van der Waals surface area contributed by atoms with E-state index >= 15 is 0 Å². The number of benzene rings is 3. The van der Waals surface area contributed by atoms with Gasteiger partial charge in [-0.25, -0.2) is 0 Å². The Kier molecular flexibility index (Phi) is 4.64. The second kappa shape index (κ2) is 9.54. The highest BCUT2D eigenvalue weighted by Crippen LogP contribution is 2.33. The van der Waals surface area contributed by atoms with Crippen LogP contribution in [0.1, 0.15) is 42.5 Å². The second-order valence-corrected chi connectivity index (χ2v) is 7.80. The van der Waals surface area contributed by atoms with Crippen LogP contribution in [0.15, 0.2) is 78.8 Å². The third-order valence-electron chi connectivity index (χ3n) is 5.59. The van der Waals surface area contributed by atoms with Gasteiger partial charge < -0.3 is 19.1 Å². The summed E-state index contributed by atoms with van der Waals surface area (Å²) in [5.41, 5.74) is 2.25. The highest BCUT2D eigenvalue weighted by atomic mass is 16.7. The topological polar surface area (TPSA) is 30.9 Å². The Balaban J connectivity index is 1.35. The SMILES string of the molecule is [2H]c1c([2H])c2c(c([2H])c1CC([2H])([2H])N1CCC[C@@H](OC(c3ccccc3)c3ccccc3)C1)OCO2. The molecule has 0 aliphatic carbocycles. The van der Waals surface area contributed by atoms with Crippen molar-refractivity contribution in [3.63, 3.8) is 0 Å². The van der Waals surface area contributed by atoms with Crippen LogP contribution in [0.5, 0.6) is 11.5 Å². The van der Waals surface area contributed by atoms with Gasteiger partial charge in [0.15, 0.2) is 11.5 Å². The maximum absolute atomic E-state index is 8.86. The van der Waals surface area contributed by atoms with E-state index in [1.165, 1.54) is 0 Å². The van der Waals surface area contributed by atoms with Gasteiger partial charge in [-0.15, -0.1) is 0 Å². The molecule has 0 N–H and O–H groups in total. The number of hydrogen-bond acceptors (Lipinski definition) is 4. The maximum Gasteiger partial charge on any atom is 0.231 e. The largest absolute Gasteiger partial charge is 0.454 e. The Morgan fingerprint density at radius 3 is 2.45 bits per heavy atom.